The fraction of sp³-hybridized carbons (Fsp3) is 0.280. The van der Waals surface area contributed by atoms with E-state index in [9.17, 15) is 0 Å². The second-order valence-electron chi connectivity index (χ2n) is 7.49. The average molecular weight is 417 g/mol. The van der Waals surface area contributed by atoms with Gasteiger partial charge in [-0.3, -0.25) is 15.4 Å². The molecule has 1 heterocycles. The lowest BCUT2D eigenvalue weighted by molar-refractivity contribution is 0.443. The number of aromatic nitrogens is 2. The van der Waals surface area contributed by atoms with Crippen molar-refractivity contribution in [3.05, 3.63) is 89.4 Å². The van der Waals surface area contributed by atoms with E-state index < -0.39 is 0 Å². The molecule has 0 radical (unpaired) electrons. The number of hydrogen-bond acceptors (Lipinski definition) is 5. The summed E-state index contributed by atoms with van der Waals surface area (Å²) < 4.78 is 4.40. The third-order valence-corrected chi connectivity index (χ3v) is 5.88. The molecule has 0 unspecified atom stereocenters. The van der Waals surface area contributed by atoms with Gasteiger partial charge < -0.3 is 0 Å². The van der Waals surface area contributed by atoms with Crippen LogP contribution in [0.3, 0.4) is 0 Å². The highest BCUT2D eigenvalue weighted by Crippen LogP contribution is 2.32. The summed E-state index contributed by atoms with van der Waals surface area (Å²) in [7, 11) is 0. The Morgan fingerprint density at radius 3 is 2.50 bits per heavy atom. The summed E-state index contributed by atoms with van der Waals surface area (Å²) in [5.74, 6) is 0.725. The number of allylic oxidation sites excluding steroid dienone is 2. The topological polar surface area (TPSA) is 62.0 Å². The third kappa shape index (κ3) is 6.10. The van der Waals surface area contributed by atoms with Crippen LogP contribution in [0.1, 0.15) is 60.5 Å². The number of aryl methyl sites for hydroxylation is 1. The molecule has 4 nitrogen and oxygen atoms in total. The lowest BCUT2D eigenvalue weighted by Crippen LogP contribution is -2.13. The Labute approximate surface area is 183 Å². The minimum absolute atomic E-state index is 0.195. The lowest BCUT2D eigenvalue weighted by atomic mass is 9.84. The molecular weight excluding hydrogens is 388 g/mol. The van der Waals surface area contributed by atoms with E-state index >= 15 is 0 Å². The molecule has 5 heteroatoms. The maximum absolute atomic E-state index is 8.28. The van der Waals surface area contributed by atoms with Crippen LogP contribution in [0.15, 0.2) is 71.3 Å². The van der Waals surface area contributed by atoms with Crippen LogP contribution in [0.25, 0.3) is 6.08 Å². The molecule has 1 saturated carbocycles. The average Bonchev–Trinajstić information content (AvgIpc) is 2.79. The van der Waals surface area contributed by atoms with Crippen molar-refractivity contribution in [1.29, 1.82) is 5.41 Å². The molecule has 3 rings (SSSR count). The van der Waals surface area contributed by atoms with Crippen molar-refractivity contribution in [2.75, 3.05) is 0 Å². The van der Waals surface area contributed by atoms with E-state index in [-0.39, 0.29) is 5.71 Å². The van der Waals surface area contributed by atoms with Crippen LogP contribution < -0.4 is 0 Å². The molecule has 1 fully saturated rings. The van der Waals surface area contributed by atoms with Gasteiger partial charge in [0.05, 0.1) is 17.6 Å². The van der Waals surface area contributed by atoms with Gasteiger partial charge in [0.1, 0.15) is 11.4 Å². The van der Waals surface area contributed by atoms with Gasteiger partial charge in [-0.25, -0.2) is 4.40 Å². The number of hydrogen-bond donors (Lipinski definition) is 1. The van der Waals surface area contributed by atoms with Crippen LogP contribution in [0, 0.1) is 12.3 Å². The molecule has 0 saturated heterocycles. The second-order valence-corrected chi connectivity index (χ2v) is 8.38. The zero-order valence-electron chi connectivity index (χ0n) is 17.5. The molecule has 154 valence electrons. The SMILES string of the molecule is C=CC(=NSC(=C)/C=C/c1ccc(C2CCCCC2)cc1)C(=N)c1cnc(C)cn1. The van der Waals surface area contributed by atoms with Gasteiger partial charge in [-0.1, -0.05) is 62.8 Å². The third-order valence-electron chi connectivity index (χ3n) is 5.22. The van der Waals surface area contributed by atoms with Crippen LogP contribution >= 0.6 is 11.9 Å². The van der Waals surface area contributed by atoms with E-state index in [2.05, 4.69) is 51.8 Å². The summed E-state index contributed by atoms with van der Waals surface area (Å²) in [4.78, 5) is 9.20. The quantitative estimate of drug-likeness (QED) is 0.296. The van der Waals surface area contributed by atoms with Crippen molar-refractivity contribution in [2.45, 2.75) is 44.9 Å². The minimum atomic E-state index is 0.195. The normalized spacial score (nSPS) is 15.3. The summed E-state index contributed by atoms with van der Waals surface area (Å²) in [6.45, 7) is 9.67. The molecule has 1 aromatic heterocycles. The van der Waals surface area contributed by atoms with Gasteiger partial charge >= 0.3 is 0 Å². The minimum Gasteiger partial charge on any atom is -0.296 e. The van der Waals surface area contributed by atoms with Gasteiger partial charge in [-0.2, -0.15) is 0 Å². The zero-order chi connectivity index (χ0) is 21.3. The number of benzene rings is 1. The zero-order valence-corrected chi connectivity index (χ0v) is 18.3. The molecule has 0 aliphatic heterocycles. The molecule has 30 heavy (non-hydrogen) atoms. The predicted octanol–water partition coefficient (Wildman–Crippen LogP) is 6.70. The van der Waals surface area contributed by atoms with Crippen LogP contribution in [0.2, 0.25) is 0 Å². The van der Waals surface area contributed by atoms with Crippen LogP contribution in [-0.4, -0.2) is 21.4 Å². The van der Waals surface area contributed by atoms with Gasteiger partial charge in [-0.15, -0.1) is 0 Å². The molecule has 2 aromatic rings. The van der Waals surface area contributed by atoms with Gasteiger partial charge in [0.2, 0.25) is 0 Å². The molecule has 1 aromatic carbocycles. The van der Waals surface area contributed by atoms with Crippen molar-refractivity contribution in [2.24, 2.45) is 4.40 Å². The van der Waals surface area contributed by atoms with Crippen molar-refractivity contribution in [3.8, 4) is 0 Å². The molecule has 1 N–H and O–H groups in total. The fourth-order valence-electron chi connectivity index (χ4n) is 3.48. The summed E-state index contributed by atoms with van der Waals surface area (Å²) in [6.07, 6.45) is 15.5. The first kappa shape index (κ1) is 21.9. The summed E-state index contributed by atoms with van der Waals surface area (Å²) in [6, 6.07) is 8.85. The molecule has 1 aliphatic carbocycles. The summed E-state index contributed by atoms with van der Waals surface area (Å²) >= 11 is 1.23. The summed E-state index contributed by atoms with van der Waals surface area (Å²) in [5, 5.41) is 8.28. The van der Waals surface area contributed by atoms with Crippen LogP contribution in [-0.2, 0) is 0 Å². The van der Waals surface area contributed by atoms with E-state index in [1.807, 2.05) is 19.1 Å². The number of nitrogens with one attached hydrogen (secondary N) is 1. The Hall–Kier alpha value is -2.79. The maximum atomic E-state index is 8.28. The maximum Gasteiger partial charge on any atom is 0.108 e. The second kappa shape index (κ2) is 10.8. The molecular formula is C25H28N4S. The van der Waals surface area contributed by atoms with Crippen molar-refractivity contribution in [3.63, 3.8) is 0 Å². The largest absolute Gasteiger partial charge is 0.296 e. The first-order chi connectivity index (χ1) is 14.6. The van der Waals surface area contributed by atoms with E-state index in [0.29, 0.717) is 11.4 Å². The monoisotopic (exact) mass is 416 g/mol. The highest BCUT2D eigenvalue weighted by atomic mass is 32.2. The number of nitrogens with zero attached hydrogens (tertiary/aromatic N) is 3. The number of rotatable bonds is 8. The molecule has 0 atom stereocenters. The van der Waals surface area contributed by atoms with Crippen LogP contribution in [0.4, 0.5) is 0 Å². The van der Waals surface area contributed by atoms with E-state index in [1.165, 1.54) is 49.6 Å². The Morgan fingerprint density at radius 1 is 1.13 bits per heavy atom. The first-order valence-electron chi connectivity index (χ1n) is 10.3. The van der Waals surface area contributed by atoms with Crippen LogP contribution in [0.5, 0.6) is 0 Å². The Bertz CT molecular complexity index is 950. The lowest BCUT2D eigenvalue weighted by Gasteiger charge is -2.21. The molecule has 0 bridgehead atoms. The van der Waals surface area contributed by atoms with E-state index in [1.54, 1.807) is 18.5 Å². The Balaban J connectivity index is 1.58. The summed E-state index contributed by atoms with van der Waals surface area (Å²) in [5.41, 5.74) is 4.52. The first-order valence-corrected chi connectivity index (χ1v) is 11.1. The standard InChI is InChI=1S/C25H28N4S/c1-4-23(25(26)24-17-27-18(2)16-28-24)29-30-19(3)10-11-20-12-14-22(15-13-20)21-8-6-5-7-9-21/h4,10-17,21,26H,1,3,5-9H2,2H3/b11-10+,26-25?,29-23?. The highest BCUT2D eigenvalue weighted by Gasteiger charge is 2.14. The van der Waals surface area contributed by atoms with E-state index in [0.717, 1.165) is 22.1 Å². The molecule has 0 amide bonds. The molecule has 0 spiro atoms. The van der Waals surface area contributed by atoms with Gasteiger partial charge in [0, 0.05) is 23.0 Å². The van der Waals surface area contributed by atoms with Crippen molar-refractivity contribution in [1.82, 2.24) is 9.97 Å². The Kier molecular flexibility index (Phi) is 7.91. The van der Waals surface area contributed by atoms with Gasteiger partial charge in [-0.05, 0) is 49.0 Å². The molecule has 1 aliphatic rings. The smallest absolute Gasteiger partial charge is 0.108 e. The van der Waals surface area contributed by atoms with Gasteiger partial charge in [0.15, 0.2) is 0 Å². The Morgan fingerprint density at radius 2 is 1.87 bits per heavy atom. The highest BCUT2D eigenvalue weighted by molar-refractivity contribution is 8.02. The van der Waals surface area contributed by atoms with Crippen molar-refractivity contribution < 1.29 is 0 Å². The van der Waals surface area contributed by atoms with Gasteiger partial charge in [0.25, 0.3) is 0 Å². The van der Waals surface area contributed by atoms with E-state index in [4.69, 9.17) is 5.41 Å². The van der Waals surface area contributed by atoms with Crippen molar-refractivity contribution >= 4 is 29.4 Å². The predicted molar refractivity (Wildman–Crippen MR) is 129 cm³/mol. The fourth-order valence-corrected chi connectivity index (χ4v) is 3.99.